The summed E-state index contributed by atoms with van der Waals surface area (Å²) < 4.78 is 6.30. The highest BCUT2D eigenvalue weighted by molar-refractivity contribution is 5.29. The Bertz CT molecular complexity index is 564. The summed E-state index contributed by atoms with van der Waals surface area (Å²) in [4.78, 5) is 0. The van der Waals surface area contributed by atoms with E-state index in [2.05, 4.69) is 50.3 Å². The van der Waals surface area contributed by atoms with Gasteiger partial charge in [-0.1, -0.05) is 95.2 Å². The lowest BCUT2D eigenvalue weighted by Crippen LogP contribution is -2.23. The number of benzene rings is 1. The van der Waals surface area contributed by atoms with Crippen LogP contribution in [0.2, 0.25) is 0 Å². The van der Waals surface area contributed by atoms with Crippen molar-refractivity contribution in [1.82, 2.24) is 0 Å². The molecule has 3 rings (SSSR count). The fourth-order valence-electron chi connectivity index (χ4n) is 5.06. The average Bonchev–Trinajstić information content (AvgIpc) is 2.75. The predicted octanol–water partition coefficient (Wildman–Crippen LogP) is 7.84. The highest BCUT2D eigenvalue weighted by Gasteiger charge is 2.23. The third kappa shape index (κ3) is 6.76. The smallest absolute Gasteiger partial charge is 0.0756 e. The molecule has 2 atom stereocenters. The zero-order chi connectivity index (χ0) is 19.6. The van der Waals surface area contributed by atoms with Crippen molar-refractivity contribution in [2.24, 2.45) is 11.8 Å². The Labute approximate surface area is 174 Å². The van der Waals surface area contributed by atoms with Gasteiger partial charge in [-0.3, -0.25) is 0 Å². The molecule has 0 bridgehead atoms. The van der Waals surface area contributed by atoms with Crippen LogP contribution in [0, 0.1) is 11.8 Å². The molecule has 1 heteroatoms. The first-order chi connectivity index (χ1) is 13.8. The minimum Gasteiger partial charge on any atom is -0.374 e. The number of ether oxygens (including phenoxy) is 1. The van der Waals surface area contributed by atoms with Crippen molar-refractivity contribution < 1.29 is 4.74 Å². The molecular formula is C27H42O. The minimum absolute atomic E-state index is 0.345. The summed E-state index contributed by atoms with van der Waals surface area (Å²) in [6.45, 7) is 5.53. The van der Waals surface area contributed by atoms with E-state index in [0.717, 1.165) is 18.4 Å². The quantitative estimate of drug-likeness (QED) is 0.296. The molecule has 0 radical (unpaired) electrons. The first-order valence-corrected chi connectivity index (χ1v) is 12.2. The number of rotatable bonds is 10. The maximum Gasteiger partial charge on any atom is 0.0756 e. The van der Waals surface area contributed by atoms with E-state index in [-0.39, 0.29) is 0 Å². The molecule has 1 fully saturated rings. The zero-order valence-electron chi connectivity index (χ0n) is 18.4. The summed E-state index contributed by atoms with van der Waals surface area (Å²) >= 11 is 0. The lowest BCUT2D eigenvalue weighted by atomic mass is 9.80. The van der Waals surface area contributed by atoms with Gasteiger partial charge >= 0.3 is 0 Å². The molecule has 0 heterocycles. The van der Waals surface area contributed by atoms with E-state index in [9.17, 15) is 0 Å². The van der Waals surface area contributed by atoms with Crippen molar-refractivity contribution in [3.05, 3.63) is 47.5 Å². The second kappa shape index (κ2) is 11.8. The van der Waals surface area contributed by atoms with Crippen LogP contribution in [0.4, 0.5) is 0 Å². The molecule has 0 saturated heterocycles. The van der Waals surface area contributed by atoms with Crippen LogP contribution >= 0.6 is 0 Å². The SMILES string of the molecule is CCCCCC1CCC(COC2C=CC(c3ccc(CCC)cc3)CC2)CC1. The predicted molar refractivity (Wildman–Crippen MR) is 121 cm³/mol. The lowest BCUT2D eigenvalue weighted by Gasteiger charge is -2.30. The maximum absolute atomic E-state index is 6.30. The molecule has 28 heavy (non-hydrogen) atoms. The fourth-order valence-corrected chi connectivity index (χ4v) is 5.06. The molecule has 156 valence electrons. The molecule has 0 spiro atoms. The summed E-state index contributed by atoms with van der Waals surface area (Å²) in [5.41, 5.74) is 2.93. The van der Waals surface area contributed by atoms with Crippen molar-refractivity contribution in [2.75, 3.05) is 6.61 Å². The van der Waals surface area contributed by atoms with E-state index in [0.29, 0.717) is 12.0 Å². The summed E-state index contributed by atoms with van der Waals surface area (Å²) in [6.07, 6.45) is 21.2. The largest absolute Gasteiger partial charge is 0.374 e. The Kier molecular flexibility index (Phi) is 9.12. The van der Waals surface area contributed by atoms with Gasteiger partial charge in [0.2, 0.25) is 0 Å². The second-order valence-electron chi connectivity index (χ2n) is 9.31. The molecule has 0 aromatic heterocycles. The topological polar surface area (TPSA) is 9.23 Å². The molecule has 1 nitrogen and oxygen atoms in total. The van der Waals surface area contributed by atoms with Crippen molar-refractivity contribution in [2.45, 2.75) is 103 Å². The van der Waals surface area contributed by atoms with Crippen molar-refractivity contribution in [1.29, 1.82) is 0 Å². The number of unbranched alkanes of at least 4 members (excludes halogenated alkanes) is 2. The third-order valence-electron chi connectivity index (χ3n) is 7.00. The van der Waals surface area contributed by atoms with Gasteiger partial charge in [-0.15, -0.1) is 0 Å². The van der Waals surface area contributed by atoms with E-state index in [1.165, 1.54) is 88.2 Å². The molecule has 0 amide bonds. The van der Waals surface area contributed by atoms with Crippen molar-refractivity contribution >= 4 is 0 Å². The van der Waals surface area contributed by atoms with Gasteiger partial charge in [-0.2, -0.15) is 0 Å². The standard InChI is InChI=1S/C27H42O/c1-3-5-6-8-23-9-11-24(12-10-23)21-28-27-19-17-26(18-20-27)25-15-13-22(7-4-2)14-16-25/h13-17,19,23-24,26-27H,3-12,18,20-21H2,1-2H3. The summed E-state index contributed by atoms with van der Waals surface area (Å²) in [5, 5.41) is 0. The third-order valence-corrected chi connectivity index (χ3v) is 7.00. The number of hydrogen-bond donors (Lipinski definition) is 0. The minimum atomic E-state index is 0.345. The van der Waals surface area contributed by atoms with E-state index >= 15 is 0 Å². The van der Waals surface area contributed by atoms with Gasteiger partial charge in [0.15, 0.2) is 0 Å². The van der Waals surface area contributed by atoms with Crippen LogP contribution in [0.25, 0.3) is 0 Å². The summed E-state index contributed by atoms with van der Waals surface area (Å²) in [5.74, 6) is 2.38. The van der Waals surface area contributed by atoms with E-state index < -0.39 is 0 Å². The van der Waals surface area contributed by atoms with Crippen molar-refractivity contribution in [3.8, 4) is 0 Å². The van der Waals surface area contributed by atoms with Gasteiger partial charge in [0.25, 0.3) is 0 Å². The van der Waals surface area contributed by atoms with Crippen LogP contribution in [-0.4, -0.2) is 12.7 Å². The van der Waals surface area contributed by atoms with Gasteiger partial charge in [-0.05, 0) is 55.1 Å². The van der Waals surface area contributed by atoms with Gasteiger partial charge in [0.1, 0.15) is 0 Å². The van der Waals surface area contributed by atoms with Crippen molar-refractivity contribution in [3.63, 3.8) is 0 Å². The van der Waals surface area contributed by atoms with Gasteiger partial charge in [-0.25, -0.2) is 0 Å². The number of hydrogen-bond acceptors (Lipinski definition) is 1. The Morgan fingerprint density at radius 1 is 0.786 bits per heavy atom. The van der Waals surface area contributed by atoms with Crippen LogP contribution in [0.5, 0.6) is 0 Å². The molecule has 0 N–H and O–H groups in total. The van der Waals surface area contributed by atoms with Crippen LogP contribution in [0.1, 0.15) is 102 Å². The molecule has 1 aromatic rings. The molecular weight excluding hydrogens is 340 g/mol. The van der Waals surface area contributed by atoms with E-state index in [1.54, 1.807) is 0 Å². The van der Waals surface area contributed by atoms with E-state index in [4.69, 9.17) is 4.74 Å². The summed E-state index contributed by atoms with van der Waals surface area (Å²) in [6, 6.07) is 9.29. The second-order valence-corrected chi connectivity index (χ2v) is 9.31. The molecule has 2 unspecified atom stereocenters. The first-order valence-electron chi connectivity index (χ1n) is 12.2. The van der Waals surface area contributed by atoms with Gasteiger partial charge in [0, 0.05) is 5.92 Å². The van der Waals surface area contributed by atoms with Gasteiger partial charge < -0.3 is 4.74 Å². The maximum atomic E-state index is 6.30. The summed E-state index contributed by atoms with van der Waals surface area (Å²) in [7, 11) is 0. The van der Waals surface area contributed by atoms with Gasteiger partial charge in [0.05, 0.1) is 12.7 Å². The fraction of sp³-hybridized carbons (Fsp3) is 0.704. The average molecular weight is 383 g/mol. The first kappa shape index (κ1) is 21.6. The molecule has 0 aliphatic heterocycles. The van der Waals surface area contributed by atoms with Crippen LogP contribution in [-0.2, 0) is 11.2 Å². The lowest BCUT2D eigenvalue weighted by molar-refractivity contribution is 0.0332. The number of aryl methyl sites for hydroxylation is 1. The molecule has 1 saturated carbocycles. The normalized spacial score (nSPS) is 27.8. The zero-order valence-corrected chi connectivity index (χ0v) is 18.4. The van der Waals surface area contributed by atoms with E-state index in [1.807, 2.05) is 0 Å². The Hall–Kier alpha value is -1.08. The highest BCUT2D eigenvalue weighted by atomic mass is 16.5. The highest BCUT2D eigenvalue weighted by Crippen LogP contribution is 2.33. The Morgan fingerprint density at radius 3 is 2.18 bits per heavy atom. The molecule has 2 aliphatic rings. The Morgan fingerprint density at radius 2 is 1.54 bits per heavy atom. The monoisotopic (exact) mass is 382 g/mol. The molecule has 1 aromatic carbocycles. The molecule has 2 aliphatic carbocycles. The Balaban J connectivity index is 1.35. The van der Waals surface area contributed by atoms with Crippen LogP contribution in [0.15, 0.2) is 36.4 Å². The van der Waals surface area contributed by atoms with Crippen LogP contribution < -0.4 is 0 Å². The number of allylic oxidation sites excluding steroid dienone is 1. The van der Waals surface area contributed by atoms with Crippen LogP contribution in [0.3, 0.4) is 0 Å².